The highest BCUT2D eigenvalue weighted by atomic mass is 16.5. The molecular weight excluding hydrogens is 204 g/mol. The summed E-state index contributed by atoms with van der Waals surface area (Å²) in [6.45, 7) is 1.35. The molecule has 0 spiro atoms. The van der Waals surface area contributed by atoms with Crippen molar-refractivity contribution in [3.05, 3.63) is 0 Å². The van der Waals surface area contributed by atoms with E-state index in [-0.39, 0.29) is 17.5 Å². The molecule has 4 heteroatoms. The Kier molecular flexibility index (Phi) is 3.50. The standard InChI is InChI=1S/C12H22N2O2/c1-16-9-5-11(15)14-8-7-12(13)6-3-2-4-10(12)14/h10H,2-9,13H2,1H3. The minimum Gasteiger partial charge on any atom is -0.384 e. The largest absolute Gasteiger partial charge is 0.384 e. The van der Waals surface area contributed by atoms with Gasteiger partial charge in [0.1, 0.15) is 0 Å². The van der Waals surface area contributed by atoms with Crippen LogP contribution in [0.1, 0.15) is 38.5 Å². The zero-order valence-electron chi connectivity index (χ0n) is 10.1. The summed E-state index contributed by atoms with van der Waals surface area (Å²) in [5.74, 6) is 0.209. The van der Waals surface area contributed by atoms with Gasteiger partial charge in [-0.15, -0.1) is 0 Å². The van der Waals surface area contributed by atoms with Crippen molar-refractivity contribution in [1.82, 2.24) is 4.90 Å². The Morgan fingerprint density at radius 2 is 2.31 bits per heavy atom. The fourth-order valence-electron chi connectivity index (χ4n) is 3.12. The van der Waals surface area contributed by atoms with Crippen molar-refractivity contribution in [2.24, 2.45) is 5.73 Å². The van der Waals surface area contributed by atoms with Gasteiger partial charge >= 0.3 is 0 Å². The molecule has 2 aliphatic rings. The van der Waals surface area contributed by atoms with E-state index in [0.29, 0.717) is 13.0 Å². The highest BCUT2D eigenvalue weighted by Gasteiger charge is 2.46. The van der Waals surface area contributed by atoms with E-state index in [1.54, 1.807) is 7.11 Å². The molecule has 1 saturated heterocycles. The molecule has 0 radical (unpaired) electrons. The topological polar surface area (TPSA) is 55.6 Å². The van der Waals surface area contributed by atoms with E-state index in [1.807, 2.05) is 4.90 Å². The Labute approximate surface area is 97.1 Å². The molecule has 2 N–H and O–H groups in total. The quantitative estimate of drug-likeness (QED) is 0.777. The van der Waals surface area contributed by atoms with E-state index in [9.17, 15) is 4.79 Å². The number of fused-ring (bicyclic) bond motifs is 1. The van der Waals surface area contributed by atoms with Gasteiger partial charge in [-0.05, 0) is 19.3 Å². The number of nitrogens with two attached hydrogens (primary N) is 1. The van der Waals surface area contributed by atoms with Gasteiger partial charge in [0.05, 0.1) is 13.0 Å². The van der Waals surface area contributed by atoms with E-state index in [4.69, 9.17) is 10.5 Å². The maximum atomic E-state index is 12.0. The third-order valence-corrected chi connectivity index (χ3v) is 4.07. The summed E-state index contributed by atoms with van der Waals surface area (Å²) < 4.78 is 4.95. The second-order valence-electron chi connectivity index (χ2n) is 5.07. The summed E-state index contributed by atoms with van der Waals surface area (Å²) in [5.41, 5.74) is 6.30. The van der Waals surface area contributed by atoms with Gasteiger partial charge in [0.25, 0.3) is 0 Å². The summed E-state index contributed by atoms with van der Waals surface area (Å²) in [4.78, 5) is 14.0. The van der Waals surface area contributed by atoms with Crippen molar-refractivity contribution in [3.63, 3.8) is 0 Å². The lowest BCUT2D eigenvalue weighted by molar-refractivity contribution is -0.133. The number of hydrogen-bond donors (Lipinski definition) is 1. The monoisotopic (exact) mass is 226 g/mol. The molecule has 0 aromatic rings. The predicted molar refractivity (Wildman–Crippen MR) is 62.0 cm³/mol. The average molecular weight is 226 g/mol. The number of amides is 1. The molecule has 2 atom stereocenters. The first kappa shape index (κ1) is 11.9. The predicted octanol–water partition coefficient (Wildman–Crippen LogP) is 0.895. The molecule has 0 bridgehead atoms. The Hall–Kier alpha value is -0.610. The lowest BCUT2D eigenvalue weighted by atomic mass is 9.78. The zero-order chi connectivity index (χ0) is 11.6. The molecule has 1 heterocycles. The summed E-state index contributed by atoms with van der Waals surface area (Å²) >= 11 is 0. The second kappa shape index (κ2) is 4.72. The Bertz CT molecular complexity index is 270. The Balaban J connectivity index is 1.99. The van der Waals surface area contributed by atoms with Crippen molar-refractivity contribution in [3.8, 4) is 0 Å². The average Bonchev–Trinajstić information content (AvgIpc) is 2.63. The van der Waals surface area contributed by atoms with Gasteiger partial charge in [0, 0.05) is 25.2 Å². The summed E-state index contributed by atoms with van der Waals surface area (Å²) in [6, 6.07) is 0.283. The molecule has 2 rings (SSSR count). The number of likely N-dealkylation sites (tertiary alicyclic amines) is 1. The van der Waals surface area contributed by atoms with Crippen LogP contribution in [0, 0.1) is 0 Å². The van der Waals surface area contributed by atoms with Crippen LogP contribution in [0.4, 0.5) is 0 Å². The van der Waals surface area contributed by atoms with Crippen LogP contribution in [0.5, 0.6) is 0 Å². The lowest BCUT2D eigenvalue weighted by Gasteiger charge is -2.39. The van der Waals surface area contributed by atoms with Crippen LogP contribution in [-0.2, 0) is 9.53 Å². The highest BCUT2D eigenvalue weighted by molar-refractivity contribution is 5.77. The molecule has 0 aromatic heterocycles. The number of ether oxygens (including phenoxy) is 1. The first-order valence-corrected chi connectivity index (χ1v) is 6.25. The van der Waals surface area contributed by atoms with Gasteiger partial charge in [-0.2, -0.15) is 0 Å². The first-order chi connectivity index (χ1) is 7.67. The second-order valence-corrected chi connectivity index (χ2v) is 5.07. The number of nitrogens with zero attached hydrogens (tertiary/aromatic N) is 1. The smallest absolute Gasteiger partial charge is 0.225 e. The molecule has 2 fully saturated rings. The molecule has 2 unspecified atom stereocenters. The third-order valence-electron chi connectivity index (χ3n) is 4.07. The molecule has 1 amide bonds. The Morgan fingerprint density at radius 3 is 3.06 bits per heavy atom. The maximum absolute atomic E-state index is 12.0. The van der Waals surface area contributed by atoms with Crippen LogP contribution in [0.15, 0.2) is 0 Å². The Morgan fingerprint density at radius 1 is 1.50 bits per heavy atom. The molecule has 1 saturated carbocycles. The van der Waals surface area contributed by atoms with E-state index in [2.05, 4.69) is 0 Å². The van der Waals surface area contributed by atoms with Gasteiger partial charge in [-0.25, -0.2) is 0 Å². The van der Waals surface area contributed by atoms with Crippen LogP contribution in [0.3, 0.4) is 0 Å². The fourth-order valence-corrected chi connectivity index (χ4v) is 3.12. The summed E-state index contributed by atoms with van der Waals surface area (Å²) in [6.07, 6.45) is 6.03. The van der Waals surface area contributed by atoms with Crippen molar-refractivity contribution < 1.29 is 9.53 Å². The van der Waals surface area contributed by atoms with Gasteiger partial charge in [0.2, 0.25) is 5.91 Å². The SMILES string of the molecule is COCCC(=O)N1CCC2(N)CCCCC12. The van der Waals surface area contributed by atoms with Gasteiger partial charge in [-0.1, -0.05) is 12.8 Å². The zero-order valence-corrected chi connectivity index (χ0v) is 10.1. The van der Waals surface area contributed by atoms with Crippen LogP contribution in [-0.4, -0.2) is 42.6 Å². The van der Waals surface area contributed by atoms with E-state index in [1.165, 1.54) is 12.8 Å². The normalized spacial score (nSPS) is 33.9. The maximum Gasteiger partial charge on any atom is 0.225 e. The van der Waals surface area contributed by atoms with Crippen molar-refractivity contribution >= 4 is 5.91 Å². The number of carbonyl (C=O) groups excluding carboxylic acids is 1. The summed E-state index contributed by atoms with van der Waals surface area (Å²) in [7, 11) is 1.63. The number of carbonyl (C=O) groups is 1. The minimum atomic E-state index is -0.0962. The highest BCUT2D eigenvalue weighted by Crippen LogP contribution is 2.38. The molecule has 0 aromatic carbocycles. The number of methoxy groups -OCH3 is 1. The minimum absolute atomic E-state index is 0.0962. The molecule has 4 nitrogen and oxygen atoms in total. The lowest BCUT2D eigenvalue weighted by Crippen LogP contribution is -2.54. The van der Waals surface area contributed by atoms with Crippen molar-refractivity contribution in [2.45, 2.75) is 50.1 Å². The van der Waals surface area contributed by atoms with Crippen molar-refractivity contribution in [1.29, 1.82) is 0 Å². The van der Waals surface area contributed by atoms with Crippen LogP contribution < -0.4 is 5.73 Å². The number of hydrogen-bond acceptors (Lipinski definition) is 3. The molecule has 1 aliphatic heterocycles. The first-order valence-electron chi connectivity index (χ1n) is 6.25. The van der Waals surface area contributed by atoms with Gasteiger partial charge < -0.3 is 15.4 Å². The van der Waals surface area contributed by atoms with Crippen LogP contribution in [0.2, 0.25) is 0 Å². The molecule has 16 heavy (non-hydrogen) atoms. The van der Waals surface area contributed by atoms with Crippen LogP contribution in [0.25, 0.3) is 0 Å². The number of rotatable bonds is 3. The molecular formula is C12H22N2O2. The van der Waals surface area contributed by atoms with E-state index in [0.717, 1.165) is 25.8 Å². The third kappa shape index (κ3) is 2.09. The van der Waals surface area contributed by atoms with Crippen LogP contribution >= 0.6 is 0 Å². The van der Waals surface area contributed by atoms with Gasteiger partial charge in [-0.3, -0.25) is 4.79 Å². The van der Waals surface area contributed by atoms with Crippen molar-refractivity contribution in [2.75, 3.05) is 20.3 Å². The van der Waals surface area contributed by atoms with E-state index < -0.39 is 0 Å². The van der Waals surface area contributed by atoms with E-state index >= 15 is 0 Å². The van der Waals surface area contributed by atoms with Gasteiger partial charge in [0.15, 0.2) is 0 Å². The summed E-state index contributed by atoms with van der Waals surface area (Å²) in [5, 5.41) is 0. The molecule has 92 valence electrons. The molecule has 1 aliphatic carbocycles. The fraction of sp³-hybridized carbons (Fsp3) is 0.917.